The quantitative estimate of drug-likeness (QED) is 0.756. The molecule has 1 unspecified atom stereocenters. The molecule has 1 aliphatic heterocycles. The van der Waals surface area contributed by atoms with Crippen LogP contribution in [0.4, 0.5) is 0 Å². The van der Waals surface area contributed by atoms with Crippen LogP contribution < -0.4 is 5.32 Å². The van der Waals surface area contributed by atoms with Crippen molar-refractivity contribution in [3.05, 3.63) is 18.0 Å². The highest BCUT2D eigenvalue weighted by Crippen LogP contribution is 2.10. The van der Waals surface area contributed by atoms with E-state index in [4.69, 9.17) is 4.74 Å². The third-order valence-corrected chi connectivity index (χ3v) is 3.05. The minimum Gasteiger partial charge on any atom is -0.381 e. The SMILES string of the molecule is Cn1cc(CCOCC2CCCNC2)cn1. The fourth-order valence-electron chi connectivity index (χ4n) is 2.11. The summed E-state index contributed by atoms with van der Waals surface area (Å²) in [6.45, 7) is 3.99. The van der Waals surface area contributed by atoms with Crippen LogP contribution in [0.15, 0.2) is 12.4 Å². The Morgan fingerprint density at radius 1 is 1.62 bits per heavy atom. The second-order valence-electron chi connectivity index (χ2n) is 4.56. The summed E-state index contributed by atoms with van der Waals surface area (Å²) in [5, 5.41) is 7.54. The van der Waals surface area contributed by atoms with Gasteiger partial charge in [-0.2, -0.15) is 5.10 Å². The molecule has 1 aromatic rings. The van der Waals surface area contributed by atoms with E-state index in [0.29, 0.717) is 5.92 Å². The van der Waals surface area contributed by atoms with Crippen molar-refractivity contribution in [2.75, 3.05) is 26.3 Å². The van der Waals surface area contributed by atoms with E-state index >= 15 is 0 Å². The minimum absolute atomic E-state index is 0.711. The molecule has 1 aromatic heterocycles. The largest absolute Gasteiger partial charge is 0.381 e. The number of aromatic nitrogens is 2. The van der Waals surface area contributed by atoms with E-state index in [0.717, 1.165) is 26.2 Å². The Morgan fingerprint density at radius 3 is 3.25 bits per heavy atom. The van der Waals surface area contributed by atoms with Crippen molar-refractivity contribution in [2.45, 2.75) is 19.3 Å². The van der Waals surface area contributed by atoms with Crippen LogP contribution in [0.1, 0.15) is 18.4 Å². The number of hydrogen-bond acceptors (Lipinski definition) is 3. The van der Waals surface area contributed by atoms with Gasteiger partial charge in [0.1, 0.15) is 0 Å². The molecule has 0 saturated carbocycles. The molecule has 0 bridgehead atoms. The van der Waals surface area contributed by atoms with E-state index in [2.05, 4.69) is 10.4 Å². The maximum absolute atomic E-state index is 5.71. The van der Waals surface area contributed by atoms with Gasteiger partial charge in [-0.3, -0.25) is 4.68 Å². The monoisotopic (exact) mass is 223 g/mol. The second kappa shape index (κ2) is 6.01. The lowest BCUT2D eigenvalue weighted by molar-refractivity contribution is 0.0921. The molecule has 0 aromatic carbocycles. The Morgan fingerprint density at radius 2 is 2.56 bits per heavy atom. The minimum atomic E-state index is 0.711. The fourth-order valence-corrected chi connectivity index (χ4v) is 2.11. The molecule has 1 fully saturated rings. The van der Waals surface area contributed by atoms with Crippen molar-refractivity contribution in [1.29, 1.82) is 0 Å². The molecule has 1 N–H and O–H groups in total. The van der Waals surface area contributed by atoms with Gasteiger partial charge in [0.2, 0.25) is 0 Å². The lowest BCUT2D eigenvalue weighted by Crippen LogP contribution is -2.32. The van der Waals surface area contributed by atoms with Gasteiger partial charge in [0.15, 0.2) is 0 Å². The van der Waals surface area contributed by atoms with Crippen LogP contribution in [0.3, 0.4) is 0 Å². The summed E-state index contributed by atoms with van der Waals surface area (Å²) in [6, 6.07) is 0. The van der Waals surface area contributed by atoms with Crippen LogP contribution in [0.25, 0.3) is 0 Å². The topological polar surface area (TPSA) is 39.1 Å². The smallest absolute Gasteiger partial charge is 0.0522 e. The summed E-state index contributed by atoms with van der Waals surface area (Å²) in [5.74, 6) is 0.711. The maximum Gasteiger partial charge on any atom is 0.0522 e. The number of nitrogens with one attached hydrogen (secondary N) is 1. The summed E-state index contributed by atoms with van der Waals surface area (Å²) >= 11 is 0. The Kier molecular flexibility index (Phi) is 4.36. The predicted octanol–water partition coefficient (Wildman–Crippen LogP) is 0.979. The lowest BCUT2D eigenvalue weighted by Gasteiger charge is -2.22. The Hall–Kier alpha value is -0.870. The first kappa shape index (κ1) is 11.6. The number of piperidine rings is 1. The Labute approximate surface area is 97.0 Å². The van der Waals surface area contributed by atoms with Crippen molar-refractivity contribution < 1.29 is 4.74 Å². The van der Waals surface area contributed by atoms with Crippen LogP contribution in [0.2, 0.25) is 0 Å². The van der Waals surface area contributed by atoms with Gasteiger partial charge >= 0.3 is 0 Å². The summed E-state index contributed by atoms with van der Waals surface area (Å²) in [7, 11) is 1.94. The van der Waals surface area contributed by atoms with E-state index < -0.39 is 0 Å². The Bertz CT molecular complexity index is 305. The molecule has 2 rings (SSSR count). The molecule has 1 atom stereocenters. The van der Waals surface area contributed by atoms with Gasteiger partial charge in [-0.25, -0.2) is 0 Å². The zero-order valence-electron chi connectivity index (χ0n) is 9.98. The standard InChI is InChI=1S/C12H21N3O/c1-15-9-11(8-14-15)4-6-16-10-12-3-2-5-13-7-12/h8-9,12-13H,2-7,10H2,1H3. The van der Waals surface area contributed by atoms with Gasteiger partial charge < -0.3 is 10.1 Å². The molecule has 0 radical (unpaired) electrons. The number of nitrogens with zero attached hydrogens (tertiary/aromatic N) is 2. The molecule has 1 saturated heterocycles. The zero-order valence-corrected chi connectivity index (χ0v) is 9.98. The van der Waals surface area contributed by atoms with Crippen LogP contribution >= 0.6 is 0 Å². The molecule has 0 aliphatic carbocycles. The van der Waals surface area contributed by atoms with Gasteiger partial charge in [0, 0.05) is 19.8 Å². The summed E-state index contributed by atoms with van der Waals surface area (Å²) in [6.07, 6.45) is 7.52. The molecule has 1 aliphatic rings. The van der Waals surface area contributed by atoms with Gasteiger partial charge in [0.05, 0.1) is 19.4 Å². The number of aryl methyl sites for hydroxylation is 1. The predicted molar refractivity (Wildman–Crippen MR) is 63.3 cm³/mol. The van der Waals surface area contributed by atoms with Crippen molar-refractivity contribution >= 4 is 0 Å². The van der Waals surface area contributed by atoms with Gasteiger partial charge in [-0.1, -0.05) is 0 Å². The summed E-state index contributed by atoms with van der Waals surface area (Å²) < 4.78 is 7.54. The van der Waals surface area contributed by atoms with E-state index in [1.807, 2.05) is 24.1 Å². The van der Waals surface area contributed by atoms with E-state index in [9.17, 15) is 0 Å². The highest BCUT2D eigenvalue weighted by Gasteiger charge is 2.12. The average molecular weight is 223 g/mol. The molecule has 4 heteroatoms. The highest BCUT2D eigenvalue weighted by atomic mass is 16.5. The molecular weight excluding hydrogens is 202 g/mol. The number of ether oxygens (including phenoxy) is 1. The van der Waals surface area contributed by atoms with Crippen LogP contribution in [-0.2, 0) is 18.2 Å². The molecule has 0 spiro atoms. The number of hydrogen-bond donors (Lipinski definition) is 1. The zero-order chi connectivity index (χ0) is 11.2. The first-order chi connectivity index (χ1) is 7.84. The van der Waals surface area contributed by atoms with E-state index in [1.165, 1.54) is 24.9 Å². The van der Waals surface area contributed by atoms with Crippen molar-refractivity contribution in [2.24, 2.45) is 13.0 Å². The molecule has 16 heavy (non-hydrogen) atoms. The van der Waals surface area contributed by atoms with E-state index in [-0.39, 0.29) is 0 Å². The first-order valence-electron chi connectivity index (χ1n) is 6.10. The number of rotatable bonds is 5. The van der Waals surface area contributed by atoms with Gasteiger partial charge in [-0.05, 0) is 37.3 Å². The van der Waals surface area contributed by atoms with E-state index in [1.54, 1.807) is 0 Å². The summed E-state index contributed by atoms with van der Waals surface area (Å²) in [5.41, 5.74) is 1.25. The maximum atomic E-state index is 5.71. The van der Waals surface area contributed by atoms with Crippen LogP contribution in [-0.4, -0.2) is 36.1 Å². The molecular formula is C12H21N3O. The highest BCUT2D eigenvalue weighted by molar-refractivity contribution is 5.03. The first-order valence-corrected chi connectivity index (χ1v) is 6.10. The van der Waals surface area contributed by atoms with Crippen molar-refractivity contribution in [3.63, 3.8) is 0 Å². The van der Waals surface area contributed by atoms with Crippen molar-refractivity contribution in [1.82, 2.24) is 15.1 Å². The summed E-state index contributed by atoms with van der Waals surface area (Å²) in [4.78, 5) is 0. The third-order valence-electron chi connectivity index (χ3n) is 3.05. The normalized spacial score (nSPS) is 21.2. The van der Waals surface area contributed by atoms with Crippen LogP contribution in [0, 0.1) is 5.92 Å². The lowest BCUT2D eigenvalue weighted by atomic mass is 10.0. The molecule has 0 amide bonds. The van der Waals surface area contributed by atoms with Crippen LogP contribution in [0.5, 0.6) is 0 Å². The van der Waals surface area contributed by atoms with Gasteiger partial charge in [-0.15, -0.1) is 0 Å². The fraction of sp³-hybridized carbons (Fsp3) is 0.750. The Balaban J connectivity index is 1.57. The molecule has 90 valence electrons. The van der Waals surface area contributed by atoms with Crippen molar-refractivity contribution in [3.8, 4) is 0 Å². The second-order valence-corrected chi connectivity index (χ2v) is 4.56. The van der Waals surface area contributed by atoms with Gasteiger partial charge in [0.25, 0.3) is 0 Å². The average Bonchev–Trinajstić information content (AvgIpc) is 2.72. The third kappa shape index (κ3) is 3.61. The molecule has 2 heterocycles. The molecule has 4 nitrogen and oxygen atoms in total.